The molecule has 0 bridgehead atoms. The number of sulfone groups is 1. The predicted molar refractivity (Wildman–Crippen MR) is 97.0 cm³/mol. The first-order valence-electron chi connectivity index (χ1n) is 7.98. The molecule has 0 saturated carbocycles. The van der Waals surface area contributed by atoms with Crippen molar-refractivity contribution in [2.75, 3.05) is 30.0 Å². The average Bonchev–Trinajstić information content (AvgIpc) is 2.79. The molecule has 1 aliphatic rings. The van der Waals surface area contributed by atoms with Crippen LogP contribution in [-0.4, -0.2) is 45.0 Å². The Morgan fingerprint density at radius 3 is 2.58 bits per heavy atom. The first kappa shape index (κ1) is 16.8. The highest BCUT2D eigenvalue weighted by Gasteiger charge is 2.39. The van der Waals surface area contributed by atoms with Crippen LogP contribution in [0.2, 0.25) is 0 Å². The minimum atomic E-state index is -3.03. The first-order chi connectivity index (χ1) is 11.3. The van der Waals surface area contributed by atoms with E-state index in [0.717, 1.165) is 16.5 Å². The number of fused-ring (bicyclic) bond motifs is 1. The summed E-state index contributed by atoms with van der Waals surface area (Å²) in [5, 5.41) is 5.17. The molecule has 5 nitrogen and oxygen atoms in total. The Balaban J connectivity index is 1.67. The van der Waals surface area contributed by atoms with Crippen molar-refractivity contribution >= 4 is 32.2 Å². The second-order valence-electron chi connectivity index (χ2n) is 6.84. The van der Waals surface area contributed by atoms with Crippen molar-refractivity contribution in [3.63, 3.8) is 0 Å². The lowest BCUT2D eigenvalue weighted by molar-refractivity contribution is -0.121. The number of carbonyl (C=O) groups is 1. The molecule has 0 aromatic heterocycles. The first-order valence-corrected chi connectivity index (χ1v) is 9.80. The van der Waals surface area contributed by atoms with Gasteiger partial charge in [-0.2, -0.15) is 0 Å². The number of likely N-dealkylation sites (N-methyl/N-ethyl adjacent to an activating group) is 1. The standard InChI is InChI=1S/C18H22N2O3S/c1-18(9-10-24(22,23)13-18)19-17(21)12-20(2)16-8-7-14-5-3-4-6-15(14)11-16/h3-8,11H,9-10,12-13H2,1-2H3,(H,19,21)/t18-/m0/s1. The summed E-state index contributed by atoms with van der Waals surface area (Å²) >= 11 is 0. The summed E-state index contributed by atoms with van der Waals surface area (Å²) in [7, 11) is -1.17. The SMILES string of the molecule is CN(CC(=O)N[C@@]1(C)CCS(=O)(=O)C1)c1ccc2ccccc2c1. The van der Waals surface area contributed by atoms with Crippen LogP contribution < -0.4 is 10.2 Å². The summed E-state index contributed by atoms with van der Waals surface area (Å²) in [5.74, 6) is 0.000626. The summed E-state index contributed by atoms with van der Waals surface area (Å²) in [6.45, 7) is 1.99. The van der Waals surface area contributed by atoms with Gasteiger partial charge in [0.05, 0.1) is 23.6 Å². The summed E-state index contributed by atoms with van der Waals surface area (Å²) in [5.41, 5.74) is 0.299. The molecule has 2 aromatic rings. The van der Waals surface area contributed by atoms with Crippen molar-refractivity contribution in [3.05, 3.63) is 42.5 Å². The van der Waals surface area contributed by atoms with Crippen molar-refractivity contribution in [1.29, 1.82) is 0 Å². The normalized spacial score (nSPS) is 22.4. The number of benzene rings is 2. The Bertz CT molecular complexity index is 879. The third-order valence-corrected chi connectivity index (χ3v) is 6.40. The molecule has 0 spiro atoms. The molecule has 3 rings (SSSR count). The Morgan fingerprint density at radius 2 is 1.92 bits per heavy atom. The number of nitrogens with zero attached hydrogens (tertiary/aromatic N) is 1. The van der Waals surface area contributed by atoms with Gasteiger partial charge in [0, 0.05) is 12.7 Å². The van der Waals surface area contributed by atoms with E-state index in [1.54, 1.807) is 6.92 Å². The van der Waals surface area contributed by atoms with Crippen LogP contribution in [0.3, 0.4) is 0 Å². The fraction of sp³-hybridized carbons (Fsp3) is 0.389. The van der Waals surface area contributed by atoms with Gasteiger partial charge in [-0.1, -0.05) is 30.3 Å². The fourth-order valence-electron chi connectivity index (χ4n) is 3.21. The molecule has 1 amide bonds. The zero-order chi connectivity index (χ0) is 17.4. The molecular weight excluding hydrogens is 324 g/mol. The number of hydrogen-bond donors (Lipinski definition) is 1. The summed E-state index contributed by atoms with van der Waals surface area (Å²) in [6, 6.07) is 14.1. The van der Waals surface area contributed by atoms with Crippen LogP contribution in [0.25, 0.3) is 10.8 Å². The van der Waals surface area contributed by atoms with Gasteiger partial charge in [-0.15, -0.1) is 0 Å². The van der Waals surface area contributed by atoms with E-state index in [9.17, 15) is 13.2 Å². The number of anilines is 1. The van der Waals surface area contributed by atoms with Crippen LogP contribution in [0, 0.1) is 0 Å². The van der Waals surface area contributed by atoms with Gasteiger partial charge in [-0.3, -0.25) is 4.79 Å². The van der Waals surface area contributed by atoms with Crippen LogP contribution in [0.4, 0.5) is 5.69 Å². The molecule has 6 heteroatoms. The van der Waals surface area contributed by atoms with E-state index < -0.39 is 15.4 Å². The number of hydrogen-bond acceptors (Lipinski definition) is 4. The summed E-state index contributed by atoms with van der Waals surface area (Å²) in [6.07, 6.45) is 0.473. The average molecular weight is 346 g/mol. The monoisotopic (exact) mass is 346 g/mol. The second-order valence-corrected chi connectivity index (χ2v) is 9.02. The molecule has 1 saturated heterocycles. The number of rotatable bonds is 4. The molecule has 1 atom stereocenters. The van der Waals surface area contributed by atoms with Crippen molar-refractivity contribution in [2.24, 2.45) is 0 Å². The van der Waals surface area contributed by atoms with Crippen LogP contribution in [0.5, 0.6) is 0 Å². The third-order valence-electron chi connectivity index (χ3n) is 4.50. The van der Waals surface area contributed by atoms with Crippen molar-refractivity contribution in [2.45, 2.75) is 18.9 Å². The lowest BCUT2D eigenvalue weighted by atomic mass is 10.0. The number of amides is 1. The molecule has 1 fully saturated rings. The van der Waals surface area contributed by atoms with Gasteiger partial charge in [0.2, 0.25) is 5.91 Å². The van der Waals surface area contributed by atoms with Crippen LogP contribution >= 0.6 is 0 Å². The summed E-state index contributed by atoms with van der Waals surface area (Å²) < 4.78 is 23.3. The quantitative estimate of drug-likeness (QED) is 0.919. The van der Waals surface area contributed by atoms with E-state index in [2.05, 4.69) is 5.32 Å². The Morgan fingerprint density at radius 1 is 1.21 bits per heavy atom. The van der Waals surface area contributed by atoms with E-state index in [1.165, 1.54) is 0 Å². The molecule has 0 radical (unpaired) electrons. The third kappa shape index (κ3) is 3.70. The van der Waals surface area contributed by atoms with Crippen molar-refractivity contribution in [3.8, 4) is 0 Å². The smallest absolute Gasteiger partial charge is 0.239 e. The minimum Gasteiger partial charge on any atom is -0.365 e. The maximum Gasteiger partial charge on any atom is 0.239 e. The van der Waals surface area contributed by atoms with Gasteiger partial charge in [-0.25, -0.2) is 8.42 Å². The van der Waals surface area contributed by atoms with E-state index in [0.29, 0.717) is 6.42 Å². The Hall–Kier alpha value is -2.08. The minimum absolute atomic E-state index is 0.0193. The van der Waals surface area contributed by atoms with Gasteiger partial charge in [0.15, 0.2) is 9.84 Å². The van der Waals surface area contributed by atoms with Crippen molar-refractivity contribution < 1.29 is 13.2 Å². The summed E-state index contributed by atoms with van der Waals surface area (Å²) in [4.78, 5) is 14.2. The van der Waals surface area contributed by atoms with Gasteiger partial charge in [0.25, 0.3) is 0 Å². The van der Waals surface area contributed by atoms with Crippen LogP contribution in [-0.2, 0) is 14.6 Å². The highest BCUT2D eigenvalue weighted by molar-refractivity contribution is 7.91. The Labute approximate surface area is 142 Å². The molecule has 0 aliphatic carbocycles. The number of carbonyl (C=O) groups excluding carboxylic acids is 1. The largest absolute Gasteiger partial charge is 0.365 e. The lowest BCUT2D eigenvalue weighted by Crippen LogP contribution is -2.50. The molecular formula is C18H22N2O3S. The van der Waals surface area contributed by atoms with Crippen LogP contribution in [0.1, 0.15) is 13.3 Å². The van der Waals surface area contributed by atoms with Gasteiger partial charge in [-0.05, 0) is 36.2 Å². The van der Waals surface area contributed by atoms with E-state index in [1.807, 2.05) is 54.4 Å². The highest BCUT2D eigenvalue weighted by atomic mass is 32.2. The van der Waals surface area contributed by atoms with Gasteiger partial charge < -0.3 is 10.2 Å². The van der Waals surface area contributed by atoms with E-state index in [4.69, 9.17) is 0 Å². The number of nitrogens with one attached hydrogen (secondary N) is 1. The van der Waals surface area contributed by atoms with Gasteiger partial charge >= 0.3 is 0 Å². The maximum absolute atomic E-state index is 12.3. The van der Waals surface area contributed by atoms with Crippen molar-refractivity contribution in [1.82, 2.24) is 5.32 Å². The lowest BCUT2D eigenvalue weighted by Gasteiger charge is -2.26. The molecule has 128 valence electrons. The molecule has 0 unspecified atom stereocenters. The molecule has 1 heterocycles. The topological polar surface area (TPSA) is 66.5 Å². The molecule has 2 aromatic carbocycles. The fourth-order valence-corrected chi connectivity index (χ4v) is 5.30. The van der Waals surface area contributed by atoms with Crippen LogP contribution in [0.15, 0.2) is 42.5 Å². The zero-order valence-corrected chi connectivity index (χ0v) is 14.8. The zero-order valence-electron chi connectivity index (χ0n) is 14.0. The second kappa shape index (κ2) is 6.09. The molecule has 1 aliphatic heterocycles. The maximum atomic E-state index is 12.3. The van der Waals surface area contributed by atoms with E-state index in [-0.39, 0.29) is 24.0 Å². The highest BCUT2D eigenvalue weighted by Crippen LogP contribution is 2.23. The molecule has 1 N–H and O–H groups in total. The molecule has 24 heavy (non-hydrogen) atoms. The van der Waals surface area contributed by atoms with E-state index >= 15 is 0 Å². The van der Waals surface area contributed by atoms with Gasteiger partial charge in [0.1, 0.15) is 0 Å². The Kier molecular flexibility index (Phi) is 4.25. The predicted octanol–water partition coefficient (Wildman–Crippen LogP) is 1.97.